The first-order chi connectivity index (χ1) is 9.43. The van der Waals surface area contributed by atoms with Gasteiger partial charge in [-0.1, -0.05) is 0 Å². The Hall–Kier alpha value is -1.18. The lowest BCUT2D eigenvalue weighted by molar-refractivity contribution is 0.354. The fraction of sp³-hybridized carbons (Fsp3) is 0.615. The fourth-order valence-electron chi connectivity index (χ4n) is 3.28. The van der Waals surface area contributed by atoms with Crippen molar-refractivity contribution in [2.45, 2.75) is 48.7 Å². The summed E-state index contributed by atoms with van der Waals surface area (Å²) in [7, 11) is -1.65. The molecule has 1 aromatic heterocycles. The van der Waals surface area contributed by atoms with Crippen LogP contribution < -0.4 is 15.4 Å². The third-order valence-corrected chi connectivity index (χ3v) is 5.31. The largest absolute Gasteiger partial charge is 0.357 e. The van der Waals surface area contributed by atoms with Gasteiger partial charge in [-0.15, -0.1) is 0 Å². The van der Waals surface area contributed by atoms with Gasteiger partial charge < -0.3 is 10.2 Å². The van der Waals surface area contributed by atoms with Crippen molar-refractivity contribution in [2.24, 2.45) is 5.14 Å². The van der Waals surface area contributed by atoms with Crippen LogP contribution in [0.4, 0.5) is 5.82 Å². The molecule has 2 unspecified atom stereocenters. The van der Waals surface area contributed by atoms with E-state index >= 15 is 0 Å². The van der Waals surface area contributed by atoms with Crippen LogP contribution in [0.1, 0.15) is 25.7 Å². The Balaban J connectivity index is 1.75. The highest BCUT2D eigenvalue weighted by atomic mass is 32.2. The van der Waals surface area contributed by atoms with E-state index in [0.717, 1.165) is 18.7 Å². The Morgan fingerprint density at radius 2 is 1.95 bits per heavy atom. The average molecular weight is 296 g/mol. The van der Waals surface area contributed by atoms with Crippen molar-refractivity contribution in [3.8, 4) is 0 Å². The molecule has 2 fully saturated rings. The monoisotopic (exact) mass is 296 g/mol. The molecule has 3 rings (SSSR count). The number of primary sulfonamides is 1. The fourth-order valence-corrected chi connectivity index (χ4v) is 3.74. The summed E-state index contributed by atoms with van der Waals surface area (Å²) in [6.07, 6.45) is 6.08. The van der Waals surface area contributed by atoms with Crippen LogP contribution in [0.5, 0.6) is 0 Å². The minimum atomic E-state index is -3.67. The minimum Gasteiger partial charge on any atom is -0.357 e. The molecule has 20 heavy (non-hydrogen) atoms. The van der Waals surface area contributed by atoms with Gasteiger partial charge >= 0.3 is 0 Å². The highest BCUT2D eigenvalue weighted by molar-refractivity contribution is 7.89. The van der Waals surface area contributed by atoms with E-state index in [1.54, 1.807) is 6.07 Å². The van der Waals surface area contributed by atoms with Gasteiger partial charge in [-0.2, -0.15) is 0 Å². The summed E-state index contributed by atoms with van der Waals surface area (Å²) < 4.78 is 22.5. The van der Waals surface area contributed by atoms with Gasteiger partial charge in [0.05, 0.1) is 0 Å². The number of sulfonamides is 1. The first-order valence-electron chi connectivity index (χ1n) is 6.91. The zero-order chi connectivity index (χ0) is 14.3. The number of anilines is 1. The minimum absolute atomic E-state index is 0.0556. The molecule has 3 heterocycles. The van der Waals surface area contributed by atoms with E-state index in [9.17, 15) is 8.42 Å². The smallest absolute Gasteiger partial charge is 0.239 e. The summed E-state index contributed by atoms with van der Waals surface area (Å²) in [5.41, 5.74) is 0. The van der Waals surface area contributed by atoms with Crippen molar-refractivity contribution in [1.29, 1.82) is 0 Å². The Morgan fingerprint density at radius 1 is 1.30 bits per heavy atom. The van der Waals surface area contributed by atoms with Crippen LogP contribution in [-0.2, 0) is 10.0 Å². The van der Waals surface area contributed by atoms with Crippen molar-refractivity contribution in [2.75, 3.05) is 11.9 Å². The van der Waals surface area contributed by atoms with E-state index in [1.165, 1.54) is 25.1 Å². The molecule has 2 atom stereocenters. The van der Waals surface area contributed by atoms with Crippen LogP contribution in [0.3, 0.4) is 0 Å². The Labute approximate surface area is 119 Å². The molecule has 2 aliphatic rings. The molecular formula is C13H20N4O2S. The third-order valence-electron chi connectivity index (χ3n) is 4.41. The van der Waals surface area contributed by atoms with Crippen molar-refractivity contribution >= 4 is 15.8 Å². The van der Waals surface area contributed by atoms with Crippen molar-refractivity contribution < 1.29 is 8.42 Å². The molecule has 0 saturated carbocycles. The molecule has 2 bridgehead atoms. The average Bonchev–Trinajstić information content (AvgIpc) is 2.76. The second-order valence-electron chi connectivity index (χ2n) is 5.77. The summed E-state index contributed by atoms with van der Waals surface area (Å²) in [6.45, 7) is 0. The Bertz CT molecular complexity index is 575. The topological polar surface area (TPSA) is 88.3 Å². The van der Waals surface area contributed by atoms with Gasteiger partial charge in [0.15, 0.2) is 0 Å². The molecule has 3 N–H and O–H groups in total. The van der Waals surface area contributed by atoms with Crippen LogP contribution in [0.15, 0.2) is 23.2 Å². The molecule has 2 aliphatic heterocycles. The third kappa shape index (κ3) is 2.65. The number of nitrogens with one attached hydrogen (secondary N) is 1. The van der Waals surface area contributed by atoms with E-state index in [4.69, 9.17) is 5.14 Å². The van der Waals surface area contributed by atoms with Gasteiger partial charge in [0, 0.05) is 31.4 Å². The van der Waals surface area contributed by atoms with E-state index in [-0.39, 0.29) is 4.90 Å². The van der Waals surface area contributed by atoms with Gasteiger partial charge in [-0.25, -0.2) is 18.5 Å². The van der Waals surface area contributed by atoms with Crippen LogP contribution >= 0.6 is 0 Å². The van der Waals surface area contributed by atoms with Gasteiger partial charge in [0.1, 0.15) is 10.7 Å². The summed E-state index contributed by atoms with van der Waals surface area (Å²) in [4.78, 5) is 6.44. The lowest BCUT2D eigenvalue weighted by Crippen LogP contribution is -2.47. The molecule has 1 aromatic rings. The number of rotatable bonds is 3. The van der Waals surface area contributed by atoms with Crippen LogP contribution in [0.25, 0.3) is 0 Å². The summed E-state index contributed by atoms with van der Waals surface area (Å²) >= 11 is 0. The van der Waals surface area contributed by atoms with Gasteiger partial charge in [-0.05, 0) is 37.8 Å². The normalized spacial score (nSPS) is 29.4. The maximum atomic E-state index is 11.2. The van der Waals surface area contributed by atoms with Gasteiger partial charge in [-0.3, -0.25) is 0 Å². The lowest BCUT2D eigenvalue weighted by Gasteiger charge is -2.36. The number of nitrogens with two attached hydrogens (primary N) is 1. The standard InChI is InChI=1S/C13H20N4O2S/c1-17(11-6-9-2-3-10(7-11)16-9)13-5-4-12(8-15-13)20(14,18)19/h4-5,8-11,16H,2-3,6-7H2,1H3,(H2,14,18,19). The number of hydrogen-bond acceptors (Lipinski definition) is 5. The highest BCUT2D eigenvalue weighted by Crippen LogP contribution is 2.30. The Kier molecular flexibility index (Phi) is 3.43. The number of pyridine rings is 1. The van der Waals surface area contributed by atoms with E-state index in [2.05, 4.69) is 15.2 Å². The molecule has 0 spiro atoms. The summed E-state index contributed by atoms with van der Waals surface area (Å²) in [5, 5.41) is 8.69. The first-order valence-corrected chi connectivity index (χ1v) is 8.46. The maximum Gasteiger partial charge on any atom is 0.239 e. The van der Waals surface area contributed by atoms with Crippen LogP contribution in [0, 0.1) is 0 Å². The van der Waals surface area contributed by atoms with Crippen molar-refractivity contribution in [3.05, 3.63) is 18.3 Å². The maximum absolute atomic E-state index is 11.2. The van der Waals surface area contributed by atoms with Crippen LogP contribution in [-0.4, -0.2) is 38.6 Å². The summed E-state index contributed by atoms with van der Waals surface area (Å²) in [5.74, 6) is 0.795. The molecule has 0 radical (unpaired) electrons. The molecule has 7 heteroatoms. The second-order valence-corrected chi connectivity index (χ2v) is 7.33. The molecule has 2 saturated heterocycles. The van der Waals surface area contributed by atoms with Gasteiger partial charge in [0.2, 0.25) is 10.0 Å². The molecule has 110 valence electrons. The second kappa shape index (κ2) is 4.98. The number of hydrogen-bond donors (Lipinski definition) is 2. The quantitative estimate of drug-likeness (QED) is 0.845. The molecule has 0 aromatic carbocycles. The van der Waals surface area contributed by atoms with E-state index < -0.39 is 10.0 Å². The molecule has 0 aliphatic carbocycles. The molecular weight excluding hydrogens is 276 g/mol. The highest BCUT2D eigenvalue weighted by Gasteiger charge is 2.35. The van der Waals surface area contributed by atoms with E-state index in [0.29, 0.717) is 18.1 Å². The molecule has 0 amide bonds. The SMILES string of the molecule is CN(c1ccc(S(N)(=O)=O)cn1)C1CC2CCC(C1)N2. The number of fused-ring (bicyclic) bond motifs is 2. The van der Waals surface area contributed by atoms with E-state index in [1.807, 2.05) is 7.05 Å². The summed E-state index contributed by atoms with van der Waals surface area (Å²) in [6, 6.07) is 4.93. The first kappa shape index (κ1) is 13.8. The van der Waals surface area contributed by atoms with Crippen LogP contribution in [0.2, 0.25) is 0 Å². The lowest BCUT2D eigenvalue weighted by atomic mass is 9.98. The Morgan fingerprint density at radius 3 is 2.45 bits per heavy atom. The van der Waals surface area contributed by atoms with Crippen molar-refractivity contribution in [1.82, 2.24) is 10.3 Å². The van der Waals surface area contributed by atoms with Crippen molar-refractivity contribution in [3.63, 3.8) is 0 Å². The number of aromatic nitrogens is 1. The zero-order valence-electron chi connectivity index (χ0n) is 11.5. The zero-order valence-corrected chi connectivity index (χ0v) is 12.3. The number of piperidine rings is 1. The van der Waals surface area contributed by atoms with Gasteiger partial charge in [0.25, 0.3) is 0 Å². The number of nitrogens with zero attached hydrogens (tertiary/aromatic N) is 2. The predicted octanol–water partition coefficient (Wildman–Crippen LogP) is 0.448. The predicted molar refractivity (Wildman–Crippen MR) is 77.0 cm³/mol. The molecule has 6 nitrogen and oxygen atoms in total.